The van der Waals surface area contributed by atoms with Crippen LogP contribution >= 0.6 is 11.8 Å². The van der Waals surface area contributed by atoms with Crippen LogP contribution in [0.4, 0.5) is 0 Å². The highest BCUT2D eigenvalue weighted by Crippen LogP contribution is 2.46. The van der Waals surface area contributed by atoms with Crippen LogP contribution in [0.1, 0.15) is 76.0 Å². The first kappa shape index (κ1) is 30.1. The molecule has 3 aliphatic rings. The van der Waals surface area contributed by atoms with Gasteiger partial charge in [-0.05, 0) is 60.8 Å². The van der Waals surface area contributed by atoms with Gasteiger partial charge < -0.3 is 20.9 Å². The lowest BCUT2D eigenvalue weighted by Crippen LogP contribution is -2.55. The van der Waals surface area contributed by atoms with Crippen LogP contribution in [0, 0.1) is 5.41 Å². The predicted octanol–water partition coefficient (Wildman–Crippen LogP) is 4.11. The van der Waals surface area contributed by atoms with Crippen LogP contribution in [0.15, 0.2) is 60.7 Å². The van der Waals surface area contributed by atoms with Gasteiger partial charge in [-0.3, -0.25) is 19.2 Å². The van der Waals surface area contributed by atoms with Gasteiger partial charge in [-0.15, -0.1) is 11.8 Å². The molecule has 2 aromatic rings. The fourth-order valence-electron chi connectivity index (χ4n) is 6.59. The summed E-state index contributed by atoms with van der Waals surface area (Å²) in [6, 6.07) is 17.5. The molecule has 2 saturated heterocycles. The highest BCUT2D eigenvalue weighted by atomic mass is 32.2. The van der Waals surface area contributed by atoms with Crippen molar-refractivity contribution in [1.82, 2.24) is 20.9 Å². The summed E-state index contributed by atoms with van der Waals surface area (Å²) >= 11 is 1.75. The number of hydrogen-bond acceptors (Lipinski definition) is 5. The van der Waals surface area contributed by atoms with Crippen LogP contribution in [0.2, 0.25) is 0 Å². The number of rotatable bonds is 8. The Balaban J connectivity index is 1.21. The average Bonchev–Trinajstić information content (AvgIpc) is 3.14. The minimum Gasteiger partial charge on any atom is -0.353 e. The summed E-state index contributed by atoms with van der Waals surface area (Å²) in [5, 5.41) is 9.34. The van der Waals surface area contributed by atoms with E-state index in [-0.39, 0.29) is 41.1 Å². The molecule has 42 heavy (non-hydrogen) atoms. The van der Waals surface area contributed by atoms with Crippen LogP contribution in [0.5, 0.6) is 0 Å². The van der Waals surface area contributed by atoms with E-state index < -0.39 is 17.5 Å². The Hall–Kier alpha value is -3.33. The van der Waals surface area contributed by atoms with Crippen LogP contribution in [-0.4, -0.2) is 57.8 Å². The van der Waals surface area contributed by atoms with E-state index in [0.29, 0.717) is 18.4 Å². The van der Waals surface area contributed by atoms with Crippen molar-refractivity contribution in [1.29, 1.82) is 0 Å². The molecule has 2 heterocycles. The van der Waals surface area contributed by atoms with Gasteiger partial charge in [0.15, 0.2) is 0 Å². The van der Waals surface area contributed by atoms with E-state index in [0.717, 1.165) is 49.8 Å². The Labute approximate surface area is 252 Å². The fraction of sp³-hybridized carbons (Fsp3) is 0.515. The van der Waals surface area contributed by atoms with E-state index in [1.807, 2.05) is 74.5 Å². The molecule has 3 fully saturated rings. The number of nitrogens with one attached hydrogen (secondary N) is 3. The smallest absolute Gasteiger partial charge is 0.247 e. The summed E-state index contributed by atoms with van der Waals surface area (Å²) in [6.07, 6.45) is 5.41. The number of thioether (sulfide) groups is 1. The zero-order chi connectivity index (χ0) is 29.7. The summed E-state index contributed by atoms with van der Waals surface area (Å²) in [5.41, 5.74) is 1.28. The molecule has 3 atom stereocenters. The number of fused-ring (bicyclic) bond motifs is 1. The largest absolute Gasteiger partial charge is 0.353 e. The topological polar surface area (TPSA) is 108 Å². The molecule has 2 aliphatic heterocycles. The Bertz CT molecular complexity index is 1260. The summed E-state index contributed by atoms with van der Waals surface area (Å²) < 4.78 is 0. The van der Waals surface area contributed by atoms with Crippen molar-refractivity contribution in [2.75, 3.05) is 5.75 Å². The summed E-state index contributed by atoms with van der Waals surface area (Å²) in [5.74, 6) is 0.399. The van der Waals surface area contributed by atoms with Gasteiger partial charge in [0.1, 0.15) is 12.1 Å². The molecule has 0 radical (unpaired) electrons. The zero-order valence-electron chi connectivity index (χ0n) is 24.5. The van der Waals surface area contributed by atoms with Gasteiger partial charge in [-0.2, -0.15) is 0 Å². The van der Waals surface area contributed by atoms with Gasteiger partial charge in [-0.25, -0.2) is 0 Å². The Morgan fingerprint density at radius 1 is 0.929 bits per heavy atom. The molecule has 0 bridgehead atoms. The van der Waals surface area contributed by atoms with Crippen LogP contribution in [0.3, 0.4) is 0 Å². The molecule has 2 aromatic carbocycles. The van der Waals surface area contributed by atoms with Gasteiger partial charge in [-0.1, -0.05) is 74.5 Å². The summed E-state index contributed by atoms with van der Waals surface area (Å²) in [7, 11) is 0. The normalized spacial score (nSPS) is 26.0. The molecule has 5 rings (SSSR count). The molecule has 0 aromatic heterocycles. The van der Waals surface area contributed by atoms with Gasteiger partial charge in [0.2, 0.25) is 23.6 Å². The lowest BCUT2D eigenvalue weighted by molar-refractivity contribution is -0.142. The van der Waals surface area contributed by atoms with Gasteiger partial charge in [0, 0.05) is 18.5 Å². The standard InChI is InChI=1S/C33H42N4O4S/c1-33(2)21-28-37(27(39)14-9-19-42-28)30(33)32(41)36-29(23-12-7-4-8-13-23)31(40)35-25-17-15-24(16-18-25)34-26(38)20-22-10-5-3-6-11-22/h3-8,10-13,24-25,28-30H,9,14-21H2,1-2H3,(H,34,38)(H,35,40)(H,36,41)/t24?,25?,28-,29-,30+/m0/s1. The molecule has 1 saturated carbocycles. The van der Waals surface area contributed by atoms with E-state index in [2.05, 4.69) is 16.0 Å². The van der Waals surface area contributed by atoms with Crippen molar-refractivity contribution < 1.29 is 19.2 Å². The lowest BCUT2D eigenvalue weighted by Gasteiger charge is -2.34. The minimum atomic E-state index is -0.869. The molecule has 0 unspecified atom stereocenters. The highest BCUT2D eigenvalue weighted by molar-refractivity contribution is 7.99. The molecule has 1 aliphatic carbocycles. The monoisotopic (exact) mass is 590 g/mol. The number of benzene rings is 2. The van der Waals surface area contributed by atoms with Crippen LogP contribution < -0.4 is 16.0 Å². The van der Waals surface area contributed by atoms with Gasteiger partial charge in [0.25, 0.3) is 0 Å². The van der Waals surface area contributed by atoms with Crippen LogP contribution in [-0.2, 0) is 25.6 Å². The average molecular weight is 591 g/mol. The molecular formula is C33H42N4O4S. The molecule has 4 amide bonds. The van der Waals surface area contributed by atoms with Gasteiger partial charge in [0.05, 0.1) is 11.8 Å². The third kappa shape index (κ3) is 7.17. The van der Waals surface area contributed by atoms with E-state index in [1.54, 1.807) is 16.7 Å². The maximum Gasteiger partial charge on any atom is 0.247 e. The lowest BCUT2D eigenvalue weighted by atomic mass is 9.84. The Kier molecular flexibility index (Phi) is 9.56. The van der Waals surface area contributed by atoms with Crippen molar-refractivity contribution >= 4 is 35.4 Å². The second-order valence-electron chi connectivity index (χ2n) is 12.5. The first-order chi connectivity index (χ1) is 20.2. The van der Waals surface area contributed by atoms with Crippen molar-refractivity contribution in [2.24, 2.45) is 5.41 Å². The number of carbonyl (C=O) groups excluding carboxylic acids is 4. The van der Waals surface area contributed by atoms with Crippen molar-refractivity contribution in [2.45, 2.75) is 94.8 Å². The van der Waals surface area contributed by atoms with Crippen molar-refractivity contribution in [3.05, 3.63) is 71.8 Å². The summed E-state index contributed by atoms with van der Waals surface area (Å²) in [6.45, 7) is 4.07. The molecular weight excluding hydrogens is 548 g/mol. The first-order valence-corrected chi connectivity index (χ1v) is 16.2. The maximum absolute atomic E-state index is 13.9. The third-order valence-corrected chi connectivity index (χ3v) is 10.0. The quantitative estimate of drug-likeness (QED) is 0.429. The number of carbonyl (C=O) groups is 4. The van der Waals surface area contributed by atoms with Gasteiger partial charge >= 0.3 is 0 Å². The molecule has 9 heteroatoms. The van der Waals surface area contributed by atoms with Crippen molar-refractivity contribution in [3.63, 3.8) is 0 Å². The van der Waals surface area contributed by atoms with Crippen LogP contribution in [0.25, 0.3) is 0 Å². The number of amides is 4. The zero-order valence-corrected chi connectivity index (χ0v) is 25.3. The van der Waals surface area contributed by atoms with E-state index >= 15 is 0 Å². The minimum absolute atomic E-state index is 0.0129. The van der Waals surface area contributed by atoms with E-state index in [1.165, 1.54) is 0 Å². The predicted molar refractivity (Wildman–Crippen MR) is 164 cm³/mol. The van der Waals surface area contributed by atoms with E-state index in [4.69, 9.17) is 0 Å². The second-order valence-corrected chi connectivity index (χ2v) is 13.8. The van der Waals surface area contributed by atoms with E-state index in [9.17, 15) is 19.2 Å². The molecule has 0 spiro atoms. The molecule has 224 valence electrons. The Morgan fingerprint density at radius 2 is 1.55 bits per heavy atom. The molecule has 8 nitrogen and oxygen atoms in total. The maximum atomic E-state index is 13.9. The Morgan fingerprint density at radius 3 is 2.21 bits per heavy atom. The third-order valence-electron chi connectivity index (χ3n) is 8.74. The van der Waals surface area contributed by atoms with Crippen molar-refractivity contribution in [3.8, 4) is 0 Å². The second kappa shape index (κ2) is 13.3. The number of nitrogens with zero attached hydrogens (tertiary/aromatic N) is 1. The SMILES string of the molecule is CC1(C)C[C@@H]2SCCCC(=O)N2[C@@H]1C(=O)N[C@H](C(=O)NC1CCC(NC(=O)Cc2ccccc2)CC1)c1ccccc1. The highest BCUT2D eigenvalue weighted by Gasteiger charge is 2.53. The number of hydrogen-bond donors (Lipinski definition) is 3. The first-order valence-electron chi connectivity index (χ1n) is 15.1. The molecule has 3 N–H and O–H groups in total. The summed E-state index contributed by atoms with van der Waals surface area (Å²) in [4.78, 5) is 55.0. The fourth-order valence-corrected chi connectivity index (χ4v) is 8.12.